The van der Waals surface area contributed by atoms with E-state index in [1.165, 1.54) is 0 Å². The molecule has 0 radical (unpaired) electrons. The minimum atomic E-state index is 0.533. The van der Waals surface area contributed by atoms with E-state index in [1.807, 2.05) is 12.1 Å². The number of hydrogen-bond donors (Lipinski definition) is 1. The zero-order valence-corrected chi connectivity index (χ0v) is 14.2. The second-order valence-electron chi connectivity index (χ2n) is 5.07. The topological polar surface area (TPSA) is 78.4 Å². The predicted octanol–water partition coefficient (Wildman–Crippen LogP) is 3.31. The molecule has 0 spiro atoms. The lowest BCUT2D eigenvalue weighted by molar-refractivity contribution is 0.324. The summed E-state index contributed by atoms with van der Waals surface area (Å²) in [5.74, 6) is 2.24. The maximum absolute atomic E-state index is 5.36. The Morgan fingerprint density at radius 3 is 2.24 bits per heavy atom. The fourth-order valence-electron chi connectivity index (χ4n) is 2.38. The summed E-state index contributed by atoms with van der Waals surface area (Å²) in [5.41, 5.74) is 2.36. The molecule has 3 aromatic rings. The first-order valence-corrected chi connectivity index (χ1v) is 7.54. The largest absolute Gasteiger partial charge is 0.493 e. The van der Waals surface area contributed by atoms with E-state index in [0.717, 1.165) is 16.9 Å². The highest BCUT2D eigenvalue weighted by Gasteiger charge is 2.13. The van der Waals surface area contributed by atoms with Gasteiger partial charge in [-0.2, -0.15) is 0 Å². The van der Waals surface area contributed by atoms with Gasteiger partial charge < -0.3 is 19.5 Å². The number of rotatable bonds is 6. The number of nitrogens with zero attached hydrogens (tertiary/aromatic N) is 3. The second-order valence-corrected chi connectivity index (χ2v) is 5.07. The van der Waals surface area contributed by atoms with Gasteiger partial charge in [0.2, 0.25) is 5.75 Å². The smallest absolute Gasteiger partial charge is 0.203 e. The summed E-state index contributed by atoms with van der Waals surface area (Å²) in [7, 11) is 4.71. The molecule has 1 aromatic carbocycles. The molecule has 2 heterocycles. The summed E-state index contributed by atoms with van der Waals surface area (Å²) in [6, 6.07) is 7.40. The minimum absolute atomic E-state index is 0.533. The number of ether oxygens (including phenoxy) is 3. The Labute approximate surface area is 145 Å². The minimum Gasteiger partial charge on any atom is -0.493 e. The Balaban J connectivity index is 1.93. The van der Waals surface area contributed by atoms with Gasteiger partial charge in [0, 0.05) is 35.8 Å². The molecular weight excluding hydrogens is 320 g/mol. The number of pyridine rings is 1. The van der Waals surface area contributed by atoms with E-state index in [4.69, 9.17) is 14.2 Å². The Morgan fingerprint density at radius 2 is 1.64 bits per heavy atom. The van der Waals surface area contributed by atoms with Crippen molar-refractivity contribution in [2.45, 2.75) is 0 Å². The Morgan fingerprint density at radius 1 is 0.880 bits per heavy atom. The van der Waals surface area contributed by atoms with Crippen molar-refractivity contribution in [1.29, 1.82) is 0 Å². The number of anilines is 2. The summed E-state index contributed by atoms with van der Waals surface area (Å²) in [5, 5.41) is 3.21. The van der Waals surface area contributed by atoms with E-state index in [2.05, 4.69) is 20.3 Å². The summed E-state index contributed by atoms with van der Waals surface area (Å²) in [6.45, 7) is 0. The van der Waals surface area contributed by atoms with Crippen LogP contribution in [0, 0.1) is 0 Å². The third-order valence-corrected chi connectivity index (χ3v) is 3.53. The van der Waals surface area contributed by atoms with Gasteiger partial charge in [0.15, 0.2) is 11.5 Å². The van der Waals surface area contributed by atoms with Crippen LogP contribution >= 0.6 is 0 Å². The van der Waals surface area contributed by atoms with Crippen molar-refractivity contribution in [2.75, 3.05) is 26.6 Å². The van der Waals surface area contributed by atoms with Crippen LogP contribution in [0.25, 0.3) is 11.3 Å². The molecule has 128 valence electrons. The normalized spacial score (nSPS) is 10.2. The van der Waals surface area contributed by atoms with Crippen molar-refractivity contribution >= 4 is 11.5 Å². The van der Waals surface area contributed by atoms with Crippen LogP contribution in [-0.4, -0.2) is 36.3 Å². The Kier molecular flexibility index (Phi) is 4.94. The highest BCUT2D eigenvalue weighted by atomic mass is 16.5. The second kappa shape index (κ2) is 7.48. The Hall–Kier alpha value is -3.35. The zero-order valence-electron chi connectivity index (χ0n) is 14.2. The third kappa shape index (κ3) is 3.60. The molecule has 0 saturated heterocycles. The van der Waals surface area contributed by atoms with E-state index in [-0.39, 0.29) is 0 Å². The van der Waals surface area contributed by atoms with Crippen molar-refractivity contribution < 1.29 is 14.2 Å². The molecule has 3 rings (SSSR count). The van der Waals surface area contributed by atoms with Crippen molar-refractivity contribution in [1.82, 2.24) is 15.0 Å². The first-order valence-electron chi connectivity index (χ1n) is 7.54. The average molecular weight is 338 g/mol. The Bertz CT molecular complexity index is 831. The molecular formula is C18H18N4O3. The standard InChI is InChI=1S/C18H18N4O3/c1-23-15-7-13(8-16(24-2)18(15)25-3)21-17-11-20-10-14(22-17)12-5-4-6-19-9-12/h4-11H,1-3H3,(H,21,22). The maximum Gasteiger partial charge on any atom is 0.203 e. The number of nitrogens with one attached hydrogen (secondary N) is 1. The first kappa shape index (κ1) is 16.5. The molecule has 25 heavy (non-hydrogen) atoms. The molecule has 0 aliphatic rings. The molecule has 1 N–H and O–H groups in total. The SMILES string of the molecule is COc1cc(Nc2cncc(-c3cccnc3)n2)cc(OC)c1OC. The third-order valence-electron chi connectivity index (χ3n) is 3.53. The van der Waals surface area contributed by atoms with Crippen LogP contribution < -0.4 is 19.5 Å². The van der Waals surface area contributed by atoms with Crippen LogP contribution in [0.15, 0.2) is 49.1 Å². The molecule has 0 amide bonds. The number of hydrogen-bond acceptors (Lipinski definition) is 7. The highest BCUT2D eigenvalue weighted by molar-refractivity contribution is 5.67. The molecule has 7 nitrogen and oxygen atoms in total. The molecule has 0 bridgehead atoms. The van der Waals surface area contributed by atoms with Crippen LogP contribution in [0.4, 0.5) is 11.5 Å². The number of aromatic nitrogens is 3. The molecule has 0 aliphatic heterocycles. The van der Waals surface area contributed by atoms with Crippen molar-refractivity contribution in [3.05, 3.63) is 49.1 Å². The van der Waals surface area contributed by atoms with Gasteiger partial charge in [0.05, 0.1) is 39.4 Å². The lowest BCUT2D eigenvalue weighted by Gasteiger charge is -2.15. The molecule has 0 atom stereocenters. The van der Waals surface area contributed by atoms with Crippen LogP contribution in [0.5, 0.6) is 17.2 Å². The van der Waals surface area contributed by atoms with Gasteiger partial charge >= 0.3 is 0 Å². The quantitative estimate of drug-likeness (QED) is 0.738. The molecule has 0 aliphatic carbocycles. The van der Waals surface area contributed by atoms with Gasteiger partial charge in [-0.3, -0.25) is 9.97 Å². The van der Waals surface area contributed by atoms with Crippen LogP contribution in [0.1, 0.15) is 0 Å². The van der Waals surface area contributed by atoms with Crippen molar-refractivity contribution in [2.24, 2.45) is 0 Å². The zero-order chi connectivity index (χ0) is 17.6. The summed E-state index contributed by atoms with van der Waals surface area (Å²) >= 11 is 0. The molecule has 0 saturated carbocycles. The van der Waals surface area contributed by atoms with Crippen LogP contribution in [0.2, 0.25) is 0 Å². The lowest BCUT2D eigenvalue weighted by atomic mass is 10.2. The fourth-order valence-corrected chi connectivity index (χ4v) is 2.38. The van der Waals surface area contributed by atoms with Gasteiger partial charge in [-0.05, 0) is 12.1 Å². The summed E-state index contributed by atoms with van der Waals surface area (Å²) in [4.78, 5) is 12.9. The van der Waals surface area contributed by atoms with Crippen LogP contribution in [-0.2, 0) is 0 Å². The van der Waals surface area contributed by atoms with E-state index in [9.17, 15) is 0 Å². The van der Waals surface area contributed by atoms with Gasteiger partial charge in [-0.25, -0.2) is 4.98 Å². The van der Waals surface area contributed by atoms with E-state index in [0.29, 0.717) is 23.1 Å². The monoisotopic (exact) mass is 338 g/mol. The van der Waals surface area contributed by atoms with Gasteiger partial charge in [0.25, 0.3) is 0 Å². The molecule has 2 aromatic heterocycles. The molecule has 0 fully saturated rings. The van der Waals surface area contributed by atoms with Gasteiger partial charge in [-0.15, -0.1) is 0 Å². The number of methoxy groups -OCH3 is 3. The van der Waals surface area contributed by atoms with E-state index < -0.39 is 0 Å². The van der Waals surface area contributed by atoms with Gasteiger partial charge in [-0.1, -0.05) is 0 Å². The van der Waals surface area contributed by atoms with Crippen molar-refractivity contribution in [3.8, 4) is 28.5 Å². The first-order chi connectivity index (χ1) is 12.2. The fraction of sp³-hybridized carbons (Fsp3) is 0.167. The molecule has 0 unspecified atom stereocenters. The van der Waals surface area contributed by atoms with Crippen LogP contribution in [0.3, 0.4) is 0 Å². The highest BCUT2D eigenvalue weighted by Crippen LogP contribution is 2.40. The maximum atomic E-state index is 5.36. The van der Waals surface area contributed by atoms with Crippen molar-refractivity contribution in [3.63, 3.8) is 0 Å². The molecule has 7 heteroatoms. The lowest BCUT2D eigenvalue weighted by Crippen LogP contribution is -2.00. The summed E-state index contributed by atoms with van der Waals surface area (Å²) in [6.07, 6.45) is 6.79. The average Bonchev–Trinajstić information content (AvgIpc) is 2.68. The van der Waals surface area contributed by atoms with E-state index in [1.54, 1.807) is 58.2 Å². The summed E-state index contributed by atoms with van der Waals surface area (Å²) < 4.78 is 16.0. The number of benzene rings is 1. The van der Waals surface area contributed by atoms with E-state index >= 15 is 0 Å². The van der Waals surface area contributed by atoms with Gasteiger partial charge in [0.1, 0.15) is 5.82 Å². The predicted molar refractivity (Wildman–Crippen MR) is 94.6 cm³/mol.